The van der Waals surface area contributed by atoms with Gasteiger partial charge >= 0.3 is 5.97 Å². The third-order valence-electron chi connectivity index (χ3n) is 3.16. The molecule has 1 unspecified atom stereocenters. The molecule has 19 heavy (non-hydrogen) atoms. The van der Waals surface area contributed by atoms with Crippen molar-refractivity contribution in [1.29, 1.82) is 0 Å². The third-order valence-corrected chi connectivity index (χ3v) is 3.16. The summed E-state index contributed by atoms with van der Waals surface area (Å²) in [6.07, 6.45) is 3.64. The molecule has 1 aliphatic heterocycles. The molecule has 1 atom stereocenters. The molecule has 6 nitrogen and oxygen atoms in total. The van der Waals surface area contributed by atoms with Crippen LogP contribution in [0.1, 0.15) is 25.7 Å². The van der Waals surface area contributed by atoms with Gasteiger partial charge in [-0.25, -0.2) is 0 Å². The molecule has 1 aliphatic rings. The average Bonchev–Trinajstić information content (AvgIpc) is 2.38. The van der Waals surface area contributed by atoms with E-state index in [1.54, 1.807) is 11.0 Å². The van der Waals surface area contributed by atoms with Gasteiger partial charge in [-0.2, -0.15) is 0 Å². The van der Waals surface area contributed by atoms with Gasteiger partial charge in [0.25, 0.3) is 0 Å². The standard InChI is InChI=1S/C13H22N2O4/c1-2-3-11(14)13(18)15-7-4-10(5-8-15)19-9-6-12(16)17/h2,10-11H,1,3-9,14H2,(H,16,17). The highest BCUT2D eigenvalue weighted by Gasteiger charge is 2.26. The number of piperidine rings is 1. The number of aliphatic carboxylic acids is 1. The number of carboxylic acids is 1. The van der Waals surface area contributed by atoms with Crippen LogP contribution in [-0.2, 0) is 14.3 Å². The van der Waals surface area contributed by atoms with E-state index in [1.807, 2.05) is 0 Å². The molecule has 108 valence electrons. The summed E-state index contributed by atoms with van der Waals surface area (Å²) in [6, 6.07) is -0.512. The number of ether oxygens (including phenoxy) is 1. The first-order chi connectivity index (χ1) is 9.04. The van der Waals surface area contributed by atoms with Crippen molar-refractivity contribution in [3.8, 4) is 0 Å². The van der Waals surface area contributed by atoms with Crippen molar-refractivity contribution in [1.82, 2.24) is 4.90 Å². The van der Waals surface area contributed by atoms with Crippen LogP contribution in [0.25, 0.3) is 0 Å². The molecule has 0 aromatic heterocycles. The van der Waals surface area contributed by atoms with E-state index in [2.05, 4.69) is 6.58 Å². The van der Waals surface area contributed by atoms with E-state index in [-0.39, 0.29) is 25.0 Å². The Morgan fingerprint density at radius 1 is 1.47 bits per heavy atom. The highest BCUT2D eigenvalue weighted by atomic mass is 16.5. The van der Waals surface area contributed by atoms with E-state index in [9.17, 15) is 9.59 Å². The van der Waals surface area contributed by atoms with Gasteiger partial charge in [0, 0.05) is 13.1 Å². The highest BCUT2D eigenvalue weighted by molar-refractivity contribution is 5.81. The average molecular weight is 270 g/mol. The van der Waals surface area contributed by atoms with E-state index in [0.717, 1.165) is 12.8 Å². The number of hydrogen-bond donors (Lipinski definition) is 2. The van der Waals surface area contributed by atoms with Crippen LogP contribution in [0.15, 0.2) is 12.7 Å². The molecule has 0 aromatic carbocycles. The van der Waals surface area contributed by atoms with E-state index >= 15 is 0 Å². The minimum atomic E-state index is -0.858. The second kappa shape index (κ2) is 7.91. The van der Waals surface area contributed by atoms with Gasteiger partial charge in [-0.05, 0) is 19.3 Å². The number of carboxylic acid groups (broad SMARTS) is 1. The number of likely N-dealkylation sites (tertiary alicyclic amines) is 1. The Morgan fingerprint density at radius 2 is 2.11 bits per heavy atom. The number of hydrogen-bond acceptors (Lipinski definition) is 4. The molecule has 0 aromatic rings. The van der Waals surface area contributed by atoms with Gasteiger partial charge in [-0.3, -0.25) is 9.59 Å². The maximum atomic E-state index is 11.9. The topological polar surface area (TPSA) is 92.9 Å². The second-order valence-corrected chi connectivity index (χ2v) is 4.67. The van der Waals surface area contributed by atoms with Crippen LogP contribution in [-0.4, -0.2) is 53.7 Å². The Hall–Kier alpha value is -1.40. The van der Waals surface area contributed by atoms with Gasteiger partial charge in [0.1, 0.15) is 0 Å². The molecule has 1 heterocycles. The lowest BCUT2D eigenvalue weighted by Gasteiger charge is -2.33. The molecular formula is C13H22N2O4. The molecule has 0 spiro atoms. The summed E-state index contributed by atoms with van der Waals surface area (Å²) in [4.78, 5) is 24.0. The number of carbonyl (C=O) groups excluding carboxylic acids is 1. The molecule has 3 N–H and O–H groups in total. The summed E-state index contributed by atoms with van der Waals surface area (Å²) in [7, 11) is 0. The molecular weight excluding hydrogens is 248 g/mol. The molecule has 1 saturated heterocycles. The van der Waals surface area contributed by atoms with Gasteiger partial charge in [-0.15, -0.1) is 6.58 Å². The van der Waals surface area contributed by atoms with Crippen LogP contribution < -0.4 is 5.73 Å². The second-order valence-electron chi connectivity index (χ2n) is 4.67. The van der Waals surface area contributed by atoms with Crippen molar-refractivity contribution in [3.63, 3.8) is 0 Å². The van der Waals surface area contributed by atoms with E-state index in [4.69, 9.17) is 15.6 Å². The van der Waals surface area contributed by atoms with E-state index in [0.29, 0.717) is 19.5 Å². The Balaban J connectivity index is 2.26. The van der Waals surface area contributed by atoms with Crippen LogP contribution in [0.2, 0.25) is 0 Å². The molecule has 0 aliphatic carbocycles. The van der Waals surface area contributed by atoms with Crippen molar-refractivity contribution >= 4 is 11.9 Å². The zero-order valence-electron chi connectivity index (χ0n) is 11.1. The van der Waals surface area contributed by atoms with Crippen LogP contribution in [0.3, 0.4) is 0 Å². The summed E-state index contributed by atoms with van der Waals surface area (Å²) in [6.45, 7) is 5.02. The summed E-state index contributed by atoms with van der Waals surface area (Å²) in [5.74, 6) is -0.910. The maximum absolute atomic E-state index is 11.9. The molecule has 6 heteroatoms. The normalized spacial score (nSPS) is 18.1. The minimum Gasteiger partial charge on any atom is -0.481 e. The first kappa shape index (κ1) is 15.7. The summed E-state index contributed by atoms with van der Waals surface area (Å²) in [5.41, 5.74) is 5.75. The Bertz CT molecular complexity index is 325. The zero-order valence-corrected chi connectivity index (χ0v) is 11.1. The van der Waals surface area contributed by atoms with Crippen molar-refractivity contribution in [2.24, 2.45) is 5.73 Å². The third kappa shape index (κ3) is 5.40. The first-order valence-electron chi connectivity index (χ1n) is 6.53. The van der Waals surface area contributed by atoms with E-state index < -0.39 is 12.0 Å². The van der Waals surface area contributed by atoms with Gasteiger partial charge in [0.05, 0.1) is 25.2 Å². The summed E-state index contributed by atoms with van der Waals surface area (Å²) >= 11 is 0. The number of rotatable bonds is 7. The molecule has 1 amide bonds. The predicted octanol–water partition coefficient (Wildman–Crippen LogP) is 0.372. The Kier molecular flexibility index (Phi) is 6.52. The fourth-order valence-electron chi connectivity index (χ4n) is 2.07. The zero-order chi connectivity index (χ0) is 14.3. The lowest BCUT2D eigenvalue weighted by atomic mass is 10.1. The molecule has 0 radical (unpaired) electrons. The van der Waals surface area contributed by atoms with Gasteiger partial charge in [-0.1, -0.05) is 6.08 Å². The van der Waals surface area contributed by atoms with Gasteiger partial charge in [0.15, 0.2) is 0 Å². The quantitative estimate of drug-likeness (QED) is 0.652. The SMILES string of the molecule is C=CCC(N)C(=O)N1CCC(OCCC(=O)O)CC1. The van der Waals surface area contributed by atoms with Crippen molar-refractivity contribution in [2.45, 2.75) is 37.8 Å². The lowest BCUT2D eigenvalue weighted by Crippen LogP contribution is -2.48. The fraction of sp³-hybridized carbons (Fsp3) is 0.692. The highest BCUT2D eigenvalue weighted by Crippen LogP contribution is 2.15. The van der Waals surface area contributed by atoms with E-state index in [1.165, 1.54) is 0 Å². The minimum absolute atomic E-state index is 0.0172. The number of carbonyl (C=O) groups is 2. The molecule has 0 saturated carbocycles. The number of nitrogens with zero attached hydrogens (tertiary/aromatic N) is 1. The maximum Gasteiger partial charge on any atom is 0.305 e. The summed E-state index contributed by atoms with van der Waals surface area (Å²) in [5, 5.41) is 8.51. The predicted molar refractivity (Wildman–Crippen MR) is 70.6 cm³/mol. The van der Waals surface area contributed by atoms with Crippen LogP contribution in [0.5, 0.6) is 0 Å². The molecule has 1 rings (SSSR count). The molecule has 1 fully saturated rings. The monoisotopic (exact) mass is 270 g/mol. The van der Waals surface area contributed by atoms with Crippen molar-refractivity contribution in [2.75, 3.05) is 19.7 Å². The van der Waals surface area contributed by atoms with Crippen LogP contribution >= 0.6 is 0 Å². The van der Waals surface area contributed by atoms with Crippen molar-refractivity contribution in [3.05, 3.63) is 12.7 Å². The number of amides is 1. The summed E-state index contributed by atoms with van der Waals surface area (Å²) < 4.78 is 5.46. The Labute approximate surface area is 113 Å². The van der Waals surface area contributed by atoms with Gasteiger partial charge < -0.3 is 20.5 Å². The molecule has 0 bridgehead atoms. The van der Waals surface area contributed by atoms with Crippen molar-refractivity contribution < 1.29 is 19.4 Å². The van der Waals surface area contributed by atoms with Gasteiger partial charge in [0.2, 0.25) is 5.91 Å². The smallest absolute Gasteiger partial charge is 0.305 e. The first-order valence-corrected chi connectivity index (χ1v) is 6.53. The number of nitrogens with two attached hydrogens (primary N) is 1. The Morgan fingerprint density at radius 3 is 2.63 bits per heavy atom. The lowest BCUT2D eigenvalue weighted by molar-refractivity contribution is -0.139. The van der Waals surface area contributed by atoms with Crippen LogP contribution in [0.4, 0.5) is 0 Å². The van der Waals surface area contributed by atoms with Crippen LogP contribution in [0, 0.1) is 0 Å². The fourth-order valence-corrected chi connectivity index (χ4v) is 2.07. The largest absolute Gasteiger partial charge is 0.481 e.